The molecule has 0 spiro atoms. The van der Waals surface area contributed by atoms with Crippen LogP contribution >= 0.6 is 11.6 Å². The molecule has 0 aliphatic heterocycles. The van der Waals surface area contributed by atoms with E-state index in [-0.39, 0.29) is 67.7 Å². The van der Waals surface area contributed by atoms with Crippen LogP contribution in [0.2, 0.25) is 5.15 Å². The summed E-state index contributed by atoms with van der Waals surface area (Å²) in [6.07, 6.45) is 2.60. The van der Waals surface area contributed by atoms with Crippen molar-refractivity contribution in [1.29, 1.82) is 0 Å². The Balaban J connectivity index is 0.00000200. The van der Waals surface area contributed by atoms with Crippen LogP contribution in [0.1, 0.15) is 20.3 Å². The topological polar surface area (TPSA) is 89.8 Å². The Hall–Kier alpha value is 0.0416. The van der Waals surface area contributed by atoms with Crippen molar-refractivity contribution in [2.24, 2.45) is 11.8 Å². The Labute approximate surface area is 158 Å². The molecule has 2 aromatic rings. The van der Waals surface area contributed by atoms with Crippen LogP contribution in [0.25, 0.3) is 11.2 Å². The van der Waals surface area contributed by atoms with E-state index in [9.17, 15) is 5.11 Å². The second-order valence-electron chi connectivity index (χ2n) is 5.12. The minimum Gasteiger partial charge on any atom is -0.396 e. The van der Waals surface area contributed by atoms with Crippen LogP contribution in [0.4, 0.5) is 5.95 Å². The molecule has 1 radical (unpaired) electrons. The molecule has 0 saturated heterocycles. The zero-order valence-corrected chi connectivity index (χ0v) is 17.1. The molecule has 2 rings (SSSR count). The first-order chi connectivity index (χ1) is 9.01. The Kier molecular flexibility index (Phi) is 7.13. The summed E-state index contributed by atoms with van der Waals surface area (Å²) in [4.78, 5) is 12.2. The van der Waals surface area contributed by atoms with Crippen LogP contribution in [0.15, 0.2) is 6.33 Å². The van der Waals surface area contributed by atoms with Gasteiger partial charge in [0.25, 0.3) is 0 Å². The fraction of sp³-hybridized carbons (Fsp3) is 0.583. The molecule has 6 nitrogen and oxygen atoms in total. The average Bonchev–Trinajstić information content (AvgIpc) is 2.71. The van der Waals surface area contributed by atoms with E-state index in [4.69, 9.17) is 17.3 Å². The van der Waals surface area contributed by atoms with Crippen molar-refractivity contribution < 1.29 is 49.2 Å². The number of nitrogens with zero attached hydrogens (tertiary/aromatic N) is 4. The number of halogens is 1. The first-order valence-corrected chi connectivity index (χ1v) is 6.63. The van der Waals surface area contributed by atoms with Gasteiger partial charge in [0.2, 0.25) is 5.95 Å². The van der Waals surface area contributed by atoms with E-state index in [1.807, 2.05) is 4.57 Å². The molecule has 0 amide bonds. The number of nitrogens with two attached hydrogens (primary N) is 1. The van der Waals surface area contributed by atoms with Crippen molar-refractivity contribution in [1.82, 2.24) is 19.5 Å². The average molecular weight is 511 g/mol. The second-order valence-corrected chi connectivity index (χ2v) is 5.48. The summed E-state index contributed by atoms with van der Waals surface area (Å²) in [7, 11) is 0. The maximum atomic E-state index is 9.44. The smallest absolute Gasteiger partial charge is 0.223 e. The third-order valence-corrected chi connectivity index (χ3v) is 3.22. The van der Waals surface area contributed by atoms with Gasteiger partial charge >= 0.3 is 0 Å². The number of imidazole rings is 1. The first kappa shape index (κ1) is 18.1. The van der Waals surface area contributed by atoms with Gasteiger partial charge in [0.1, 0.15) is 5.52 Å². The van der Waals surface area contributed by atoms with E-state index >= 15 is 0 Å². The predicted molar refractivity (Wildman–Crippen MR) is 74.8 cm³/mol. The van der Waals surface area contributed by atoms with Crippen LogP contribution in [0, 0.1) is 55.9 Å². The van der Waals surface area contributed by atoms with Crippen molar-refractivity contribution >= 4 is 28.7 Å². The number of rotatable bonds is 5. The minimum absolute atomic E-state index is 0. The molecular weight excluding hydrogens is 493 g/mol. The SMILES string of the molecule is CC(C)CC(CO)Cn1cnc2c(Cl)nc(N)nc21.[Ac]. The maximum absolute atomic E-state index is 9.44. The van der Waals surface area contributed by atoms with E-state index in [2.05, 4.69) is 28.8 Å². The summed E-state index contributed by atoms with van der Waals surface area (Å²) >= 11 is 5.97. The number of aliphatic hydroxyl groups excluding tert-OH is 1. The summed E-state index contributed by atoms with van der Waals surface area (Å²) in [5, 5.41) is 9.69. The standard InChI is InChI=1S/C12H18ClN5O.Ac/c1-7(2)3-8(5-19)4-18-6-15-9-10(13)16-12(14)17-11(9)18;/h6-8,19H,3-5H2,1-2H3,(H2,14,16,17);. The number of anilines is 1. The summed E-state index contributed by atoms with van der Waals surface area (Å²) in [6.45, 7) is 5.03. The Morgan fingerprint density at radius 1 is 1.40 bits per heavy atom. The number of nitrogen functional groups attached to an aromatic ring is 1. The van der Waals surface area contributed by atoms with Gasteiger partial charge in [-0.2, -0.15) is 9.97 Å². The Bertz CT molecular complexity index is 574. The van der Waals surface area contributed by atoms with Gasteiger partial charge in [0.05, 0.1) is 6.33 Å². The molecule has 0 aliphatic carbocycles. The minimum atomic E-state index is 0. The van der Waals surface area contributed by atoms with Crippen molar-refractivity contribution in [2.75, 3.05) is 12.3 Å². The van der Waals surface area contributed by atoms with Gasteiger partial charge in [-0.15, -0.1) is 0 Å². The molecular formula is C12H18AcClN5O. The first-order valence-electron chi connectivity index (χ1n) is 6.26. The quantitative estimate of drug-likeness (QED) is 0.598. The molecule has 20 heavy (non-hydrogen) atoms. The zero-order valence-electron chi connectivity index (χ0n) is 11.6. The van der Waals surface area contributed by atoms with Crippen LogP contribution in [0.3, 0.4) is 0 Å². The normalized spacial score (nSPS) is 12.7. The van der Waals surface area contributed by atoms with Gasteiger partial charge in [0, 0.05) is 63.1 Å². The van der Waals surface area contributed by atoms with Gasteiger partial charge in [0.15, 0.2) is 10.8 Å². The molecule has 107 valence electrons. The summed E-state index contributed by atoms with van der Waals surface area (Å²) in [5.41, 5.74) is 6.75. The molecule has 8 heteroatoms. The molecule has 1 unspecified atom stereocenters. The predicted octanol–water partition coefficient (Wildman–Crippen LogP) is 1.72. The number of hydrogen-bond acceptors (Lipinski definition) is 5. The third-order valence-electron chi connectivity index (χ3n) is 2.96. The van der Waals surface area contributed by atoms with E-state index in [0.29, 0.717) is 23.6 Å². The van der Waals surface area contributed by atoms with E-state index in [1.165, 1.54) is 0 Å². The van der Waals surface area contributed by atoms with Crippen LogP contribution < -0.4 is 5.73 Å². The maximum Gasteiger partial charge on any atom is 0.223 e. The molecule has 0 saturated carbocycles. The monoisotopic (exact) mass is 510 g/mol. The molecule has 0 aliphatic rings. The third kappa shape index (κ3) is 4.27. The summed E-state index contributed by atoms with van der Waals surface area (Å²) in [6, 6.07) is 0. The zero-order chi connectivity index (χ0) is 14.0. The van der Waals surface area contributed by atoms with Gasteiger partial charge in [-0.3, -0.25) is 0 Å². The van der Waals surface area contributed by atoms with Crippen LogP contribution in [-0.2, 0) is 6.54 Å². The molecule has 2 aromatic heterocycles. The van der Waals surface area contributed by atoms with Gasteiger partial charge < -0.3 is 15.4 Å². The van der Waals surface area contributed by atoms with E-state index in [0.717, 1.165) is 6.42 Å². The summed E-state index contributed by atoms with van der Waals surface area (Å²) < 4.78 is 1.86. The van der Waals surface area contributed by atoms with Crippen molar-refractivity contribution in [2.45, 2.75) is 26.8 Å². The van der Waals surface area contributed by atoms with Gasteiger partial charge in [-0.25, -0.2) is 4.98 Å². The molecule has 1 atom stereocenters. The van der Waals surface area contributed by atoms with Crippen molar-refractivity contribution in [3.63, 3.8) is 0 Å². The fourth-order valence-corrected chi connectivity index (χ4v) is 2.43. The Morgan fingerprint density at radius 2 is 2.10 bits per heavy atom. The summed E-state index contributed by atoms with van der Waals surface area (Å²) in [5.74, 6) is 0.811. The fourth-order valence-electron chi connectivity index (χ4n) is 2.21. The van der Waals surface area contributed by atoms with Crippen molar-refractivity contribution in [3.8, 4) is 0 Å². The molecule has 0 aromatic carbocycles. The van der Waals surface area contributed by atoms with Crippen molar-refractivity contribution in [3.05, 3.63) is 11.5 Å². The van der Waals surface area contributed by atoms with Crippen LogP contribution in [-0.4, -0.2) is 31.2 Å². The second kappa shape index (κ2) is 7.88. The number of hydrogen-bond donors (Lipinski definition) is 2. The molecule has 0 fully saturated rings. The number of aliphatic hydroxyl groups is 1. The van der Waals surface area contributed by atoms with Gasteiger partial charge in [-0.1, -0.05) is 25.4 Å². The number of aromatic nitrogens is 4. The van der Waals surface area contributed by atoms with E-state index < -0.39 is 0 Å². The molecule has 2 heterocycles. The molecule has 3 N–H and O–H groups in total. The largest absolute Gasteiger partial charge is 0.396 e. The van der Waals surface area contributed by atoms with Crippen LogP contribution in [0.5, 0.6) is 0 Å². The Morgan fingerprint density at radius 3 is 2.70 bits per heavy atom. The van der Waals surface area contributed by atoms with E-state index in [1.54, 1.807) is 6.33 Å². The molecule has 0 bridgehead atoms. The van der Waals surface area contributed by atoms with Gasteiger partial charge in [-0.05, 0) is 12.3 Å². The number of fused-ring (bicyclic) bond motifs is 1.